The smallest absolute Gasteiger partial charge is 0.229 e. The summed E-state index contributed by atoms with van der Waals surface area (Å²) in [4.78, 5) is 0. The highest BCUT2D eigenvalue weighted by Crippen LogP contribution is 2.30. The van der Waals surface area contributed by atoms with Crippen LogP contribution in [0.5, 0.6) is 11.5 Å². The van der Waals surface area contributed by atoms with Gasteiger partial charge < -0.3 is 9.47 Å². The van der Waals surface area contributed by atoms with Gasteiger partial charge in [0, 0.05) is 0 Å². The van der Waals surface area contributed by atoms with Gasteiger partial charge in [0.15, 0.2) is 0 Å². The summed E-state index contributed by atoms with van der Waals surface area (Å²) in [5.74, 6) is 1.53. The van der Waals surface area contributed by atoms with E-state index in [2.05, 4.69) is 0 Å². The minimum absolute atomic E-state index is 0.612. The number of halogens is 3. The largest absolute Gasteiger partial charge is 0.497 e. The summed E-state index contributed by atoms with van der Waals surface area (Å²) in [6.07, 6.45) is 0. The van der Waals surface area contributed by atoms with Gasteiger partial charge >= 0.3 is 0 Å². The van der Waals surface area contributed by atoms with Crippen LogP contribution in [-0.4, -0.2) is 21.1 Å². The van der Waals surface area contributed by atoms with Crippen molar-refractivity contribution in [2.75, 3.05) is 21.1 Å². The summed E-state index contributed by atoms with van der Waals surface area (Å²) in [5.41, 5.74) is 2.15. The van der Waals surface area contributed by atoms with Gasteiger partial charge in [-0.3, -0.25) is 0 Å². The molecular weight excluding hydrogens is 286 g/mol. The molecule has 5 heteroatoms. The molecule has 0 atom stereocenters. The summed E-state index contributed by atoms with van der Waals surface area (Å²) in [5, 5.41) is 0.612. The predicted molar refractivity (Wildman–Crippen MR) is 77.1 cm³/mol. The van der Waals surface area contributed by atoms with Crippen molar-refractivity contribution >= 4 is 11.6 Å². The Kier molecular flexibility index (Phi) is 6.81. The van der Waals surface area contributed by atoms with Crippen molar-refractivity contribution in [1.82, 2.24) is 0 Å². The fourth-order valence-electron chi connectivity index (χ4n) is 1.63. The van der Waals surface area contributed by atoms with Crippen LogP contribution in [0, 0.1) is 0 Å². The van der Waals surface area contributed by atoms with E-state index in [-0.39, 0.29) is 0 Å². The third kappa shape index (κ3) is 4.38. The molecule has 2 aromatic rings. The van der Waals surface area contributed by atoms with E-state index in [0.29, 0.717) is 10.8 Å². The van der Waals surface area contributed by atoms with Crippen molar-refractivity contribution < 1.29 is 18.3 Å². The maximum absolute atomic E-state index is 9.62. The molecule has 108 valence electrons. The summed E-state index contributed by atoms with van der Waals surface area (Å²) < 4.78 is 29.5. The Morgan fingerprint density at radius 3 is 1.90 bits per heavy atom. The Hall–Kier alpha value is -1.81. The van der Waals surface area contributed by atoms with Gasteiger partial charge in [-0.15, -0.1) is 0 Å². The van der Waals surface area contributed by atoms with Crippen molar-refractivity contribution in [3.05, 3.63) is 47.5 Å². The highest BCUT2D eigenvalue weighted by atomic mass is 35.5. The molecule has 0 N–H and O–H groups in total. The zero-order valence-electron chi connectivity index (χ0n) is 11.2. The van der Waals surface area contributed by atoms with Crippen molar-refractivity contribution in [3.63, 3.8) is 0 Å². The molecule has 0 unspecified atom stereocenters. The van der Waals surface area contributed by atoms with Crippen molar-refractivity contribution in [3.8, 4) is 22.6 Å². The van der Waals surface area contributed by atoms with Gasteiger partial charge in [0.25, 0.3) is 0 Å². The van der Waals surface area contributed by atoms with Crippen LogP contribution in [0.15, 0.2) is 42.5 Å². The zero-order chi connectivity index (χ0) is 15.0. The van der Waals surface area contributed by atoms with Crippen LogP contribution in [0.1, 0.15) is 0 Å². The minimum atomic E-state index is -1.75. The quantitative estimate of drug-likeness (QED) is 0.802. The number of hydrogen-bond acceptors (Lipinski definition) is 2. The van der Waals surface area contributed by atoms with E-state index < -0.39 is 6.93 Å². The van der Waals surface area contributed by atoms with E-state index in [1.807, 2.05) is 42.5 Å². The van der Waals surface area contributed by atoms with E-state index in [1.165, 1.54) is 0 Å². The number of ether oxygens (including phenoxy) is 2. The third-order valence-corrected chi connectivity index (χ3v) is 2.87. The Balaban J connectivity index is 0.000000612. The highest BCUT2D eigenvalue weighted by molar-refractivity contribution is 6.32. The molecule has 0 spiro atoms. The fourth-order valence-corrected chi connectivity index (χ4v) is 1.89. The molecule has 0 saturated carbocycles. The van der Waals surface area contributed by atoms with Crippen LogP contribution in [0.4, 0.5) is 8.78 Å². The molecule has 0 aliphatic heterocycles. The molecule has 0 saturated heterocycles. The second-order valence-corrected chi connectivity index (χ2v) is 4.09. The molecular formula is C15H15ClF2O2. The van der Waals surface area contributed by atoms with E-state index in [1.54, 1.807) is 14.2 Å². The second-order valence-electron chi connectivity index (χ2n) is 3.68. The maximum atomic E-state index is 9.62. The maximum Gasteiger partial charge on any atom is 0.229 e. The molecule has 20 heavy (non-hydrogen) atoms. The third-order valence-electron chi connectivity index (χ3n) is 2.58. The van der Waals surface area contributed by atoms with Crippen LogP contribution in [0.2, 0.25) is 5.02 Å². The first-order valence-corrected chi connectivity index (χ1v) is 6.14. The summed E-state index contributed by atoms with van der Waals surface area (Å²) in [7, 11) is 3.26. The lowest BCUT2D eigenvalue weighted by Crippen LogP contribution is -1.86. The van der Waals surface area contributed by atoms with Crippen LogP contribution in [-0.2, 0) is 0 Å². The lowest BCUT2D eigenvalue weighted by Gasteiger charge is -2.07. The molecule has 2 nitrogen and oxygen atoms in total. The molecule has 0 aliphatic carbocycles. The topological polar surface area (TPSA) is 18.5 Å². The molecule has 0 aliphatic rings. The molecule has 0 fully saturated rings. The van der Waals surface area contributed by atoms with Gasteiger partial charge in [0.1, 0.15) is 11.5 Å². The molecule has 0 aromatic heterocycles. The number of alkyl halides is 2. The Morgan fingerprint density at radius 2 is 1.45 bits per heavy atom. The van der Waals surface area contributed by atoms with Crippen molar-refractivity contribution in [1.29, 1.82) is 0 Å². The van der Waals surface area contributed by atoms with E-state index >= 15 is 0 Å². The van der Waals surface area contributed by atoms with Crippen LogP contribution >= 0.6 is 11.6 Å². The van der Waals surface area contributed by atoms with Crippen LogP contribution in [0.25, 0.3) is 11.1 Å². The normalized spacial score (nSPS) is 9.45. The van der Waals surface area contributed by atoms with Gasteiger partial charge in [0.2, 0.25) is 6.93 Å². The van der Waals surface area contributed by atoms with E-state index in [9.17, 15) is 8.78 Å². The molecule has 0 bridgehead atoms. The molecule has 2 rings (SSSR count). The number of methoxy groups -OCH3 is 2. The number of hydrogen-bond donors (Lipinski definition) is 0. The van der Waals surface area contributed by atoms with Crippen LogP contribution < -0.4 is 9.47 Å². The van der Waals surface area contributed by atoms with Crippen molar-refractivity contribution in [2.45, 2.75) is 0 Å². The SMILES string of the molecule is COc1ccc(-c2ccc(OC)c(Cl)c2)cc1.FCF. The standard InChI is InChI=1S/C14H13ClO2.CH2F2/c1-16-12-6-3-10(4-7-12)11-5-8-14(17-2)13(15)9-11;2-1-3/h3-9H,1-2H3;1H2. The molecule has 0 amide bonds. The van der Waals surface area contributed by atoms with Crippen molar-refractivity contribution in [2.24, 2.45) is 0 Å². The fraction of sp³-hybridized carbons (Fsp3) is 0.200. The number of rotatable bonds is 3. The van der Waals surface area contributed by atoms with Gasteiger partial charge in [-0.25, -0.2) is 8.78 Å². The minimum Gasteiger partial charge on any atom is -0.497 e. The Bertz CT molecular complexity index is 530. The van der Waals surface area contributed by atoms with Gasteiger partial charge in [0.05, 0.1) is 19.2 Å². The molecule has 0 radical (unpaired) electrons. The first-order valence-electron chi connectivity index (χ1n) is 5.76. The summed E-state index contributed by atoms with van der Waals surface area (Å²) >= 11 is 6.09. The van der Waals surface area contributed by atoms with E-state index in [4.69, 9.17) is 21.1 Å². The van der Waals surface area contributed by atoms with Gasteiger partial charge in [-0.2, -0.15) is 0 Å². The first kappa shape index (κ1) is 16.2. The lowest BCUT2D eigenvalue weighted by molar-refractivity contribution is 0.295. The zero-order valence-corrected chi connectivity index (χ0v) is 12.0. The van der Waals surface area contributed by atoms with E-state index in [0.717, 1.165) is 16.9 Å². The average molecular weight is 301 g/mol. The molecule has 0 heterocycles. The Labute approximate surface area is 121 Å². The molecule has 2 aromatic carbocycles. The highest BCUT2D eigenvalue weighted by Gasteiger charge is 2.03. The Morgan fingerprint density at radius 1 is 0.900 bits per heavy atom. The monoisotopic (exact) mass is 300 g/mol. The van der Waals surface area contributed by atoms with Gasteiger partial charge in [-0.1, -0.05) is 29.8 Å². The second kappa shape index (κ2) is 8.38. The first-order chi connectivity index (χ1) is 9.65. The number of benzene rings is 2. The van der Waals surface area contributed by atoms with Gasteiger partial charge in [-0.05, 0) is 35.4 Å². The summed E-state index contributed by atoms with van der Waals surface area (Å²) in [6, 6.07) is 13.6. The lowest BCUT2D eigenvalue weighted by atomic mass is 10.1. The van der Waals surface area contributed by atoms with Crippen LogP contribution in [0.3, 0.4) is 0 Å². The summed E-state index contributed by atoms with van der Waals surface area (Å²) in [6.45, 7) is -1.75. The predicted octanol–water partition coefficient (Wildman–Crippen LogP) is 4.91. The average Bonchev–Trinajstić information content (AvgIpc) is 2.48.